The summed E-state index contributed by atoms with van der Waals surface area (Å²) in [5, 5.41) is 3.76. The van der Waals surface area contributed by atoms with Gasteiger partial charge in [0.1, 0.15) is 5.60 Å². The minimum Gasteiger partial charge on any atom is -0.444 e. The molecule has 4 unspecified atom stereocenters. The van der Waals surface area contributed by atoms with Crippen LogP contribution < -0.4 is 5.32 Å². The first-order valence-electron chi connectivity index (χ1n) is 8.96. The van der Waals surface area contributed by atoms with Crippen molar-refractivity contribution < 1.29 is 9.53 Å². The third kappa shape index (κ3) is 5.15. The standard InChI is InChI=1S/C18H34N2O2/c1-13-6-7-16(14(2)10-13)19-11-15-8-9-20(12-15)17(21)22-18(3,4)5/h13-16,19H,6-12H2,1-5H3. The van der Waals surface area contributed by atoms with Crippen LogP contribution in [0.15, 0.2) is 0 Å². The summed E-state index contributed by atoms with van der Waals surface area (Å²) in [6.07, 6.45) is 4.91. The molecule has 4 heteroatoms. The van der Waals surface area contributed by atoms with Gasteiger partial charge in [0.15, 0.2) is 0 Å². The molecule has 4 nitrogen and oxygen atoms in total. The Morgan fingerprint density at radius 1 is 1.23 bits per heavy atom. The highest BCUT2D eigenvalue weighted by Crippen LogP contribution is 2.29. The van der Waals surface area contributed by atoms with Gasteiger partial charge in [0, 0.05) is 19.1 Å². The Morgan fingerprint density at radius 2 is 1.95 bits per heavy atom. The third-order valence-corrected chi connectivity index (χ3v) is 5.04. The molecular weight excluding hydrogens is 276 g/mol. The van der Waals surface area contributed by atoms with Crippen LogP contribution in [0.25, 0.3) is 0 Å². The molecule has 2 rings (SSSR count). The van der Waals surface area contributed by atoms with E-state index in [0.29, 0.717) is 12.0 Å². The summed E-state index contributed by atoms with van der Waals surface area (Å²) in [6.45, 7) is 13.2. The molecule has 1 saturated heterocycles. The molecule has 1 aliphatic carbocycles. The minimum absolute atomic E-state index is 0.158. The van der Waals surface area contributed by atoms with E-state index in [0.717, 1.165) is 37.9 Å². The van der Waals surface area contributed by atoms with E-state index >= 15 is 0 Å². The lowest BCUT2D eigenvalue weighted by Crippen LogP contribution is -2.42. The Morgan fingerprint density at radius 3 is 2.59 bits per heavy atom. The van der Waals surface area contributed by atoms with Gasteiger partial charge in [-0.1, -0.05) is 13.8 Å². The predicted octanol–water partition coefficient (Wildman–Crippen LogP) is 3.66. The molecule has 1 aliphatic heterocycles. The molecule has 0 bridgehead atoms. The first-order chi connectivity index (χ1) is 10.2. The number of nitrogens with zero attached hydrogens (tertiary/aromatic N) is 1. The number of amides is 1. The van der Waals surface area contributed by atoms with Crippen molar-refractivity contribution in [3.05, 3.63) is 0 Å². The molecule has 2 aliphatic rings. The highest BCUT2D eigenvalue weighted by Gasteiger charge is 2.31. The number of nitrogens with one attached hydrogen (secondary N) is 1. The molecule has 1 saturated carbocycles. The zero-order chi connectivity index (χ0) is 16.3. The number of rotatable bonds is 3. The maximum Gasteiger partial charge on any atom is 0.410 e. The van der Waals surface area contributed by atoms with E-state index in [1.807, 2.05) is 25.7 Å². The van der Waals surface area contributed by atoms with Crippen molar-refractivity contribution in [3.63, 3.8) is 0 Å². The molecule has 4 atom stereocenters. The van der Waals surface area contributed by atoms with Crippen molar-refractivity contribution in [2.75, 3.05) is 19.6 Å². The number of carbonyl (C=O) groups is 1. The van der Waals surface area contributed by atoms with Crippen LogP contribution in [0.1, 0.15) is 60.3 Å². The molecule has 128 valence electrons. The average Bonchev–Trinajstić information content (AvgIpc) is 2.84. The van der Waals surface area contributed by atoms with Gasteiger partial charge >= 0.3 is 6.09 Å². The van der Waals surface area contributed by atoms with Crippen LogP contribution in [0, 0.1) is 17.8 Å². The number of hydrogen-bond donors (Lipinski definition) is 1. The van der Waals surface area contributed by atoms with Gasteiger partial charge in [-0.15, -0.1) is 0 Å². The zero-order valence-corrected chi connectivity index (χ0v) is 15.0. The van der Waals surface area contributed by atoms with Crippen molar-refractivity contribution in [3.8, 4) is 0 Å². The maximum absolute atomic E-state index is 12.1. The van der Waals surface area contributed by atoms with Crippen LogP contribution in [0.5, 0.6) is 0 Å². The summed E-state index contributed by atoms with van der Waals surface area (Å²) in [5.74, 6) is 2.22. The van der Waals surface area contributed by atoms with Crippen LogP contribution in [0.3, 0.4) is 0 Å². The van der Waals surface area contributed by atoms with Crippen LogP contribution in [-0.4, -0.2) is 42.3 Å². The molecule has 2 fully saturated rings. The Labute approximate surface area is 136 Å². The summed E-state index contributed by atoms with van der Waals surface area (Å²) in [5.41, 5.74) is -0.401. The SMILES string of the molecule is CC1CCC(NCC2CCN(C(=O)OC(C)(C)C)C2)C(C)C1. The van der Waals surface area contributed by atoms with Gasteiger partial charge in [-0.2, -0.15) is 0 Å². The highest BCUT2D eigenvalue weighted by atomic mass is 16.6. The van der Waals surface area contributed by atoms with E-state index in [4.69, 9.17) is 4.74 Å². The lowest BCUT2D eigenvalue weighted by atomic mass is 9.80. The number of carbonyl (C=O) groups excluding carboxylic acids is 1. The lowest BCUT2D eigenvalue weighted by molar-refractivity contribution is 0.0288. The Balaban J connectivity index is 1.71. The van der Waals surface area contributed by atoms with Crippen molar-refractivity contribution in [1.82, 2.24) is 10.2 Å². The summed E-state index contributed by atoms with van der Waals surface area (Å²) >= 11 is 0. The predicted molar refractivity (Wildman–Crippen MR) is 89.9 cm³/mol. The van der Waals surface area contributed by atoms with Gasteiger partial charge in [0.05, 0.1) is 0 Å². The monoisotopic (exact) mass is 310 g/mol. The molecule has 0 radical (unpaired) electrons. The number of likely N-dealkylation sites (tertiary alicyclic amines) is 1. The second kappa shape index (κ2) is 7.20. The fraction of sp³-hybridized carbons (Fsp3) is 0.944. The van der Waals surface area contributed by atoms with Crippen LogP contribution in [0.4, 0.5) is 4.79 Å². The third-order valence-electron chi connectivity index (χ3n) is 5.04. The Kier molecular flexibility index (Phi) is 5.76. The lowest BCUT2D eigenvalue weighted by Gasteiger charge is -2.34. The highest BCUT2D eigenvalue weighted by molar-refractivity contribution is 5.68. The minimum atomic E-state index is -0.401. The van der Waals surface area contributed by atoms with Gasteiger partial charge in [-0.05, 0) is 70.8 Å². The first-order valence-corrected chi connectivity index (χ1v) is 8.96. The summed E-state index contributed by atoms with van der Waals surface area (Å²) in [7, 11) is 0. The number of ether oxygens (including phenoxy) is 1. The number of hydrogen-bond acceptors (Lipinski definition) is 3. The van der Waals surface area contributed by atoms with E-state index < -0.39 is 5.60 Å². The van der Waals surface area contributed by atoms with Gasteiger partial charge in [-0.25, -0.2) is 4.79 Å². The van der Waals surface area contributed by atoms with E-state index in [-0.39, 0.29) is 6.09 Å². The fourth-order valence-corrected chi connectivity index (χ4v) is 3.78. The maximum atomic E-state index is 12.1. The normalized spacial score (nSPS) is 33.0. The Bertz CT molecular complexity index is 378. The fourth-order valence-electron chi connectivity index (χ4n) is 3.78. The van der Waals surface area contributed by atoms with Crippen LogP contribution >= 0.6 is 0 Å². The first kappa shape index (κ1) is 17.6. The van der Waals surface area contributed by atoms with Crippen LogP contribution in [0.2, 0.25) is 0 Å². The van der Waals surface area contributed by atoms with Crippen molar-refractivity contribution in [2.45, 2.75) is 71.9 Å². The van der Waals surface area contributed by atoms with Gasteiger partial charge in [-0.3, -0.25) is 0 Å². The molecule has 0 aromatic carbocycles. The van der Waals surface area contributed by atoms with Gasteiger partial charge in [0.25, 0.3) is 0 Å². The molecule has 22 heavy (non-hydrogen) atoms. The van der Waals surface area contributed by atoms with Crippen molar-refractivity contribution in [2.24, 2.45) is 17.8 Å². The largest absolute Gasteiger partial charge is 0.444 e. The van der Waals surface area contributed by atoms with E-state index in [1.54, 1.807) is 0 Å². The molecule has 1 heterocycles. The van der Waals surface area contributed by atoms with Gasteiger partial charge < -0.3 is 15.0 Å². The summed E-state index contributed by atoms with van der Waals surface area (Å²) < 4.78 is 5.46. The van der Waals surface area contributed by atoms with Crippen LogP contribution in [-0.2, 0) is 4.74 Å². The molecule has 0 spiro atoms. The topological polar surface area (TPSA) is 41.6 Å². The second-order valence-electron chi connectivity index (χ2n) is 8.49. The van der Waals surface area contributed by atoms with Gasteiger partial charge in [0.2, 0.25) is 0 Å². The van der Waals surface area contributed by atoms with E-state index in [9.17, 15) is 4.79 Å². The smallest absolute Gasteiger partial charge is 0.410 e. The van der Waals surface area contributed by atoms with E-state index in [1.165, 1.54) is 19.3 Å². The molecule has 1 N–H and O–H groups in total. The van der Waals surface area contributed by atoms with E-state index in [2.05, 4.69) is 19.2 Å². The second-order valence-corrected chi connectivity index (χ2v) is 8.49. The molecule has 1 amide bonds. The van der Waals surface area contributed by atoms with Crippen molar-refractivity contribution >= 4 is 6.09 Å². The Hall–Kier alpha value is -0.770. The average molecular weight is 310 g/mol. The molecule has 0 aromatic heterocycles. The quantitative estimate of drug-likeness (QED) is 0.865. The molecular formula is C18H34N2O2. The van der Waals surface area contributed by atoms with Crippen molar-refractivity contribution in [1.29, 1.82) is 0 Å². The summed E-state index contributed by atoms with van der Waals surface area (Å²) in [6, 6.07) is 0.659. The molecule has 0 aromatic rings. The zero-order valence-electron chi connectivity index (χ0n) is 15.0. The summed E-state index contributed by atoms with van der Waals surface area (Å²) in [4.78, 5) is 13.9.